The minimum absolute atomic E-state index is 0.288. The van der Waals surface area contributed by atoms with Crippen molar-refractivity contribution in [2.45, 2.75) is 12.5 Å². The standard InChI is InChI=1S/C10H17NO3S/c12-10(13)9(8-1-6-15-7-8)11-2-4-14-5-3-11/h8-9H,1-7H2,(H,12,13). The summed E-state index contributed by atoms with van der Waals surface area (Å²) < 4.78 is 5.25. The molecule has 0 bridgehead atoms. The number of thioether (sulfide) groups is 1. The highest BCUT2D eigenvalue weighted by Crippen LogP contribution is 2.29. The van der Waals surface area contributed by atoms with Crippen LogP contribution in [0, 0.1) is 5.92 Å². The monoisotopic (exact) mass is 231 g/mol. The molecule has 0 aromatic heterocycles. The molecule has 4 nitrogen and oxygen atoms in total. The SMILES string of the molecule is O=C(O)C(C1CCSC1)N1CCOCC1. The van der Waals surface area contributed by atoms with Gasteiger partial charge >= 0.3 is 5.97 Å². The Morgan fingerprint density at radius 1 is 1.47 bits per heavy atom. The van der Waals surface area contributed by atoms with Gasteiger partial charge in [-0.3, -0.25) is 9.69 Å². The molecular formula is C10H17NO3S. The highest BCUT2D eigenvalue weighted by molar-refractivity contribution is 7.99. The average Bonchev–Trinajstić information content (AvgIpc) is 2.72. The van der Waals surface area contributed by atoms with E-state index in [2.05, 4.69) is 4.90 Å². The Kier molecular flexibility index (Phi) is 3.88. The van der Waals surface area contributed by atoms with Crippen LogP contribution in [-0.2, 0) is 9.53 Å². The first-order valence-corrected chi connectivity index (χ1v) is 6.57. The van der Waals surface area contributed by atoms with E-state index in [9.17, 15) is 9.90 Å². The van der Waals surface area contributed by atoms with Crippen molar-refractivity contribution in [1.82, 2.24) is 4.90 Å². The highest BCUT2D eigenvalue weighted by Gasteiger charge is 2.36. The summed E-state index contributed by atoms with van der Waals surface area (Å²) in [7, 11) is 0. The third-order valence-electron chi connectivity index (χ3n) is 3.10. The van der Waals surface area contributed by atoms with Crippen molar-refractivity contribution in [3.63, 3.8) is 0 Å². The van der Waals surface area contributed by atoms with Crippen molar-refractivity contribution < 1.29 is 14.6 Å². The van der Waals surface area contributed by atoms with Gasteiger partial charge in [0.1, 0.15) is 6.04 Å². The molecule has 86 valence electrons. The fourth-order valence-corrected chi connectivity index (χ4v) is 3.60. The van der Waals surface area contributed by atoms with Crippen LogP contribution in [0.1, 0.15) is 6.42 Å². The van der Waals surface area contributed by atoms with Crippen LogP contribution in [0.2, 0.25) is 0 Å². The summed E-state index contributed by atoms with van der Waals surface area (Å²) in [5, 5.41) is 9.29. The smallest absolute Gasteiger partial charge is 0.321 e. The van der Waals surface area contributed by atoms with Crippen LogP contribution in [-0.4, -0.2) is 59.8 Å². The minimum atomic E-state index is -0.663. The van der Waals surface area contributed by atoms with Crippen molar-refractivity contribution in [1.29, 1.82) is 0 Å². The van der Waals surface area contributed by atoms with Gasteiger partial charge in [-0.05, 0) is 23.8 Å². The van der Waals surface area contributed by atoms with Gasteiger partial charge in [0.25, 0.3) is 0 Å². The first kappa shape index (κ1) is 11.2. The Balaban J connectivity index is 2.00. The molecule has 2 unspecified atom stereocenters. The first-order chi connectivity index (χ1) is 7.29. The van der Waals surface area contributed by atoms with E-state index in [0.29, 0.717) is 19.1 Å². The Labute approximate surface area is 94.0 Å². The maximum Gasteiger partial charge on any atom is 0.321 e. The Morgan fingerprint density at radius 2 is 2.20 bits per heavy atom. The van der Waals surface area contributed by atoms with Gasteiger partial charge in [0.05, 0.1) is 13.2 Å². The van der Waals surface area contributed by atoms with E-state index in [1.54, 1.807) is 0 Å². The van der Waals surface area contributed by atoms with E-state index in [4.69, 9.17) is 4.74 Å². The lowest BCUT2D eigenvalue weighted by Gasteiger charge is -2.34. The van der Waals surface area contributed by atoms with Crippen molar-refractivity contribution in [3.05, 3.63) is 0 Å². The molecule has 2 rings (SSSR count). The second kappa shape index (κ2) is 5.18. The summed E-state index contributed by atoms with van der Waals surface area (Å²) in [6.07, 6.45) is 1.04. The van der Waals surface area contributed by atoms with E-state index in [0.717, 1.165) is 31.0 Å². The van der Waals surface area contributed by atoms with Crippen LogP contribution in [0.5, 0.6) is 0 Å². The van der Waals surface area contributed by atoms with Gasteiger partial charge in [0.15, 0.2) is 0 Å². The van der Waals surface area contributed by atoms with Crippen LogP contribution >= 0.6 is 11.8 Å². The molecule has 15 heavy (non-hydrogen) atoms. The van der Waals surface area contributed by atoms with Gasteiger partial charge in [-0.15, -0.1) is 0 Å². The maximum absolute atomic E-state index is 11.3. The average molecular weight is 231 g/mol. The minimum Gasteiger partial charge on any atom is -0.480 e. The lowest BCUT2D eigenvalue weighted by Crippen LogP contribution is -2.51. The molecule has 2 saturated heterocycles. The van der Waals surface area contributed by atoms with Crippen molar-refractivity contribution in [2.75, 3.05) is 37.8 Å². The number of carboxylic acid groups (broad SMARTS) is 1. The van der Waals surface area contributed by atoms with Gasteiger partial charge in [-0.25, -0.2) is 0 Å². The van der Waals surface area contributed by atoms with E-state index in [1.807, 2.05) is 11.8 Å². The van der Waals surface area contributed by atoms with Gasteiger partial charge in [-0.1, -0.05) is 0 Å². The van der Waals surface area contributed by atoms with Crippen LogP contribution in [0.25, 0.3) is 0 Å². The zero-order valence-corrected chi connectivity index (χ0v) is 9.54. The van der Waals surface area contributed by atoms with E-state index >= 15 is 0 Å². The third kappa shape index (κ3) is 2.65. The van der Waals surface area contributed by atoms with Crippen LogP contribution in [0.3, 0.4) is 0 Å². The number of aliphatic carboxylic acids is 1. The normalized spacial score (nSPS) is 30.3. The van der Waals surface area contributed by atoms with Crippen LogP contribution in [0.4, 0.5) is 0 Å². The molecule has 0 aliphatic carbocycles. The number of hydrogen-bond acceptors (Lipinski definition) is 4. The van der Waals surface area contributed by atoms with E-state index in [1.165, 1.54) is 0 Å². The Morgan fingerprint density at radius 3 is 2.73 bits per heavy atom. The Bertz CT molecular complexity index is 225. The first-order valence-electron chi connectivity index (χ1n) is 5.41. The fourth-order valence-electron chi connectivity index (χ4n) is 2.31. The fraction of sp³-hybridized carbons (Fsp3) is 0.900. The third-order valence-corrected chi connectivity index (χ3v) is 4.29. The molecule has 0 spiro atoms. The predicted octanol–water partition coefficient (Wildman–Crippen LogP) is 0.525. The largest absolute Gasteiger partial charge is 0.480 e. The van der Waals surface area contributed by atoms with Gasteiger partial charge in [0.2, 0.25) is 0 Å². The Hall–Kier alpha value is -0.260. The van der Waals surface area contributed by atoms with Crippen LogP contribution in [0.15, 0.2) is 0 Å². The topological polar surface area (TPSA) is 49.8 Å². The molecule has 2 heterocycles. The van der Waals surface area contributed by atoms with Crippen molar-refractivity contribution >= 4 is 17.7 Å². The second-order valence-electron chi connectivity index (χ2n) is 4.06. The maximum atomic E-state index is 11.3. The quantitative estimate of drug-likeness (QED) is 0.767. The van der Waals surface area contributed by atoms with Crippen molar-refractivity contribution in [3.8, 4) is 0 Å². The molecule has 1 N–H and O–H groups in total. The van der Waals surface area contributed by atoms with E-state index < -0.39 is 5.97 Å². The number of ether oxygens (including phenoxy) is 1. The molecule has 2 fully saturated rings. The van der Waals surface area contributed by atoms with Crippen molar-refractivity contribution in [2.24, 2.45) is 5.92 Å². The number of nitrogens with zero attached hydrogens (tertiary/aromatic N) is 1. The lowest BCUT2D eigenvalue weighted by atomic mass is 9.97. The van der Waals surface area contributed by atoms with Gasteiger partial charge in [0, 0.05) is 13.1 Å². The van der Waals surface area contributed by atoms with Gasteiger partial charge < -0.3 is 9.84 Å². The summed E-state index contributed by atoms with van der Waals surface area (Å²) in [6, 6.07) is -0.288. The molecule has 0 saturated carbocycles. The molecule has 2 aliphatic rings. The highest BCUT2D eigenvalue weighted by atomic mass is 32.2. The summed E-state index contributed by atoms with van der Waals surface area (Å²) in [5.74, 6) is 1.77. The molecule has 2 atom stereocenters. The summed E-state index contributed by atoms with van der Waals surface area (Å²) in [4.78, 5) is 13.4. The molecule has 0 amide bonds. The molecular weight excluding hydrogens is 214 g/mol. The number of rotatable bonds is 3. The number of morpholine rings is 1. The second-order valence-corrected chi connectivity index (χ2v) is 5.20. The molecule has 0 aromatic rings. The predicted molar refractivity (Wildman–Crippen MR) is 59.2 cm³/mol. The number of carbonyl (C=O) groups is 1. The summed E-state index contributed by atoms with van der Waals surface area (Å²) in [5.41, 5.74) is 0. The zero-order valence-electron chi connectivity index (χ0n) is 8.72. The summed E-state index contributed by atoms with van der Waals surface area (Å²) in [6.45, 7) is 2.86. The lowest BCUT2D eigenvalue weighted by molar-refractivity contribution is -0.147. The molecule has 0 aromatic carbocycles. The molecule has 0 radical (unpaired) electrons. The van der Waals surface area contributed by atoms with Gasteiger partial charge in [-0.2, -0.15) is 11.8 Å². The van der Waals surface area contributed by atoms with Crippen LogP contribution < -0.4 is 0 Å². The molecule has 2 aliphatic heterocycles. The number of hydrogen-bond donors (Lipinski definition) is 1. The molecule has 5 heteroatoms. The summed E-state index contributed by atoms with van der Waals surface area (Å²) >= 11 is 1.87. The van der Waals surface area contributed by atoms with E-state index in [-0.39, 0.29) is 6.04 Å². The number of carboxylic acids is 1. The zero-order chi connectivity index (χ0) is 10.7.